The average molecular weight is 445 g/mol. The minimum Gasteiger partial charge on any atom is -0.264 e. The van der Waals surface area contributed by atoms with Gasteiger partial charge in [0.05, 0.1) is 16.4 Å². The zero-order chi connectivity index (χ0) is 18.1. The summed E-state index contributed by atoms with van der Waals surface area (Å²) in [5, 5.41) is 0. The van der Waals surface area contributed by atoms with Crippen LogP contribution in [-0.4, -0.2) is 43.7 Å². The van der Waals surface area contributed by atoms with Crippen molar-refractivity contribution < 1.29 is 16.8 Å². The highest BCUT2D eigenvalue weighted by atomic mass is 79.9. The van der Waals surface area contributed by atoms with Crippen molar-refractivity contribution in [2.75, 3.05) is 11.5 Å². The third-order valence-corrected chi connectivity index (χ3v) is 8.76. The molecule has 0 N–H and O–H groups in total. The summed E-state index contributed by atoms with van der Waals surface area (Å²) in [6.07, 6.45) is 3.49. The van der Waals surface area contributed by atoms with Crippen LogP contribution in [0.1, 0.15) is 12.0 Å². The molecule has 0 spiro atoms. The van der Waals surface area contributed by atoms with Crippen LogP contribution < -0.4 is 0 Å². The summed E-state index contributed by atoms with van der Waals surface area (Å²) in [7, 11) is -7.09. The lowest BCUT2D eigenvalue weighted by atomic mass is 10.2. The van der Waals surface area contributed by atoms with E-state index in [0.29, 0.717) is 16.5 Å². The average Bonchev–Trinajstić information content (AvgIpc) is 2.93. The van der Waals surface area contributed by atoms with Crippen molar-refractivity contribution in [3.05, 3.63) is 58.8 Å². The van der Waals surface area contributed by atoms with Crippen LogP contribution in [0.25, 0.3) is 0 Å². The molecule has 3 rings (SSSR count). The van der Waals surface area contributed by atoms with E-state index < -0.39 is 25.9 Å². The first-order valence-electron chi connectivity index (χ1n) is 7.65. The van der Waals surface area contributed by atoms with E-state index >= 15 is 0 Å². The van der Waals surface area contributed by atoms with E-state index in [2.05, 4.69) is 20.9 Å². The van der Waals surface area contributed by atoms with Gasteiger partial charge < -0.3 is 0 Å². The first-order chi connectivity index (χ1) is 11.8. The fraction of sp³-hybridized carbons (Fsp3) is 0.312. The number of hydrogen-bond acceptors (Lipinski definition) is 5. The molecule has 0 saturated carbocycles. The van der Waals surface area contributed by atoms with E-state index in [1.54, 1.807) is 42.7 Å². The van der Waals surface area contributed by atoms with E-state index in [-0.39, 0.29) is 22.9 Å². The lowest BCUT2D eigenvalue weighted by Crippen LogP contribution is -2.40. The Morgan fingerprint density at radius 3 is 2.56 bits per heavy atom. The molecule has 25 heavy (non-hydrogen) atoms. The van der Waals surface area contributed by atoms with Crippen LogP contribution >= 0.6 is 15.9 Å². The van der Waals surface area contributed by atoms with Gasteiger partial charge in [0.15, 0.2) is 9.84 Å². The van der Waals surface area contributed by atoms with Gasteiger partial charge in [-0.3, -0.25) is 4.98 Å². The highest BCUT2D eigenvalue weighted by molar-refractivity contribution is 9.10. The van der Waals surface area contributed by atoms with Crippen molar-refractivity contribution in [3.63, 3.8) is 0 Å². The van der Waals surface area contributed by atoms with Gasteiger partial charge in [-0.05, 0) is 46.1 Å². The van der Waals surface area contributed by atoms with E-state index in [9.17, 15) is 16.8 Å². The molecule has 1 aromatic carbocycles. The molecule has 134 valence electrons. The van der Waals surface area contributed by atoms with Crippen LogP contribution in [0.15, 0.2) is 58.2 Å². The molecule has 1 aromatic heterocycles. The van der Waals surface area contributed by atoms with E-state index in [1.165, 1.54) is 10.4 Å². The lowest BCUT2D eigenvalue weighted by Gasteiger charge is -2.27. The quantitative estimate of drug-likeness (QED) is 0.705. The van der Waals surface area contributed by atoms with E-state index in [1.807, 2.05) is 0 Å². The number of sulfone groups is 1. The van der Waals surface area contributed by atoms with E-state index in [4.69, 9.17) is 0 Å². The van der Waals surface area contributed by atoms with Crippen LogP contribution in [0.4, 0.5) is 0 Å². The van der Waals surface area contributed by atoms with Gasteiger partial charge in [0.2, 0.25) is 10.0 Å². The summed E-state index contributed by atoms with van der Waals surface area (Å²) < 4.78 is 52.0. The topological polar surface area (TPSA) is 84.4 Å². The Hall–Kier alpha value is -1.29. The fourth-order valence-corrected chi connectivity index (χ4v) is 7.30. The Labute approximate surface area is 156 Å². The lowest BCUT2D eigenvalue weighted by molar-refractivity contribution is 0.334. The molecule has 2 heterocycles. The van der Waals surface area contributed by atoms with Crippen LogP contribution in [0.3, 0.4) is 0 Å². The molecule has 1 aliphatic rings. The van der Waals surface area contributed by atoms with Gasteiger partial charge in [0.25, 0.3) is 0 Å². The molecule has 2 aromatic rings. The molecule has 0 unspecified atom stereocenters. The Morgan fingerprint density at radius 2 is 1.96 bits per heavy atom. The van der Waals surface area contributed by atoms with Crippen LogP contribution in [0, 0.1) is 0 Å². The predicted molar refractivity (Wildman–Crippen MR) is 98.2 cm³/mol. The standard InChI is InChI=1S/C16H17BrN2O4S2/c17-15-5-1-2-6-16(15)25(22,23)19(11-13-4-3-8-18-10-13)14-7-9-24(20,21)12-14/h1-6,8,10,14H,7,9,11-12H2/t14-/m0/s1. The molecule has 1 fully saturated rings. The minimum absolute atomic E-state index is 0.00663. The Balaban J connectivity index is 2.03. The number of aromatic nitrogens is 1. The first kappa shape index (κ1) is 18.5. The summed E-state index contributed by atoms with van der Waals surface area (Å²) in [6, 6.07) is 9.46. The summed E-state index contributed by atoms with van der Waals surface area (Å²) in [4.78, 5) is 4.14. The predicted octanol–water partition coefficient (Wildman–Crippen LogP) is 2.22. The van der Waals surface area contributed by atoms with Crippen molar-refractivity contribution in [3.8, 4) is 0 Å². The van der Waals surface area contributed by atoms with Crippen LogP contribution in [0.2, 0.25) is 0 Å². The Kier molecular flexibility index (Phi) is 5.29. The largest absolute Gasteiger partial charge is 0.264 e. The first-order valence-corrected chi connectivity index (χ1v) is 11.7. The Morgan fingerprint density at radius 1 is 1.20 bits per heavy atom. The van der Waals surface area contributed by atoms with E-state index in [0.717, 1.165) is 0 Å². The van der Waals surface area contributed by atoms with Gasteiger partial charge in [-0.25, -0.2) is 16.8 Å². The second-order valence-corrected chi connectivity index (χ2v) is 10.8. The monoisotopic (exact) mass is 444 g/mol. The molecular formula is C16H17BrN2O4S2. The van der Waals surface area contributed by atoms with Crippen molar-refractivity contribution in [1.82, 2.24) is 9.29 Å². The third kappa shape index (κ3) is 4.11. The molecule has 1 saturated heterocycles. The van der Waals surface area contributed by atoms with Gasteiger partial charge in [-0.1, -0.05) is 18.2 Å². The van der Waals surface area contributed by atoms with Gasteiger partial charge in [0.1, 0.15) is 0 Å². The van der Waals surface area contributed by atoms with Crippen LogP contribution in [0.5, 0.6) is 0 Å². The summed E-state index contributed by atoms with van der Waals surface area (Å²) in [6.45, 7) is 0.0810. The number of hydrogen-bond donors (Lipinski definition) is 0. The van der Waals surface area contributed by atoms with Gasteiger partial charge in [0, 0.05) is 29.5 Å². The number of halogens is 1. The fourth-order valence-electron chi connectivity index (χ4n) is 2.86. The Bertz CT molecular complexity index is 963. The van der Waals surface area contributed by atoms with Crippen molar-refractivity contribution in [1.29, 1.82) is 0 Å². The molecule has 1 atom stereocenters. The summed E-state index contributed by atoms with van der Waals surface area (Å²) in [5.41, 5.74) is 0.711. The zero-order valence-electron chi connectivity index (χ0n) is 13.2. The molecule has 0 aliphatic carbocycles. The molecule has 9 heteroatoms. The maximum Gasteiger partial charge on any atom is 0.244 e. The number of sulfonamides is 1. The minimum atomic E-state index is -3.87. The van der Waals surface area contributed by atoms with Gasteiger partial charge >= 0.3 is 0 Å². The number of rotatable bonds is 5. The summed E-state index contributed by atoms with van der Waals surface area (Å²) in [5.74, 6) is -0.149. The maximum absolute atomic E-state index is 13.2. The molecule has 0 radical (unpaired) electrons. The number of benzene rings is 1. The zero-order valence-corrected chi connectivity index (χ0v) is 16.5. The SMILES string of the molecule is O=S1(=O)CC[C@H](N(Cc2cccnc2)S(=O)(=O)c2ccccc2Br)C1. The number of nitrogens with zero attached hydrogens (tertiary/aromatic N) is 2. The van der Waals surface area contributed by atoms with Crippen molar-refractivity contribution in [2.24, 2.45) is 0 Å². The highest BCUT2D eigenvalue weighted by Crippen LogP contribution is 2.30. The smallest absolute Gasteiger partial charge is 0.244 e. The van der Waals surface area contributed by atoms with Gasteiger partial charge in [-0.15, -0.1) is 0 Å². The highest BCUT2D eigenvalue weighted by Gasteiger charge is 2.39. The van der Waals surface area contributed by atoms with Crippen LogP contribution in [-0.2, 0) is 26.4 Å². The van der Waals surface area contributed by atoms with Crippen molar-refractivity contribution >= 4 is 35.8 Å². The molecule has 6 nitrogen and oxygen atoms in total. The van der Waals surface area contributed by atoms with Gasteiger partial charge in [-0.2, -0.15) is 4.31 Å². The second kappa shape index (κ2) is 7.14. The maximum atomic E-state index is 13.2. The molecule has 1 aliphatic heterocycles. The molecule has 0 bridgehead atoms. The normalized spacial score (nSPS) is 20.0. The molecular weight excluding hydrogens is 428 g/mol. The third-order valence-electron chi connectivity index (χ3n) is 4.10. The molecule has 0 amide bonds. The van der Waals surface area contributed by atoms with Crippen molar-refractivity contribution in [2.45, 2.75) is 23.9 Å². The summed E-state index contributed by atoms with van der Waals surface area (Å²) >= 11 is 3.28. The number of pyridine rings is 1. The second-order valence-electron chi connectivity index (χ2n) is 5.90.